The number of nitriles is 1. The third kappa shape index (κ3) is 3.84. The maximum absolute atomic E-state index is 12.0. The van der Waals surface area contributed by atoms with Crippen LogP contribution in [0.2, 0.25) is 0 Å². The Labute approximate surface area is 135 Å². The molecule has 1 atom stereocenters. The molecule has 0 radical (unpaired) electrons. The largest absolute Gasteiger partial charge is 0.448 e. The van der Waals surface area contributed by atoms with E-state index in [-0.39, 0.29) is 11.5 Å². The van der Waals surface area contributed by atoms with E-state index in [0.29, 0.717) is 16.1 Å². The molecule has 0 aromatic carbocycles. The molecule has 2 aromatic heterocycles. The van der Waals surface area contributed by atoms with Gasteiger partial charge in [0.05, 0.1) is 5.56 Å². The lowest BCUT2D eigenvalue weighted by molar-refractivity contribution is -0.123. The van der Waals surface area contributed by atoms with Crippen LogP contribution in [0.5, 0.6) is 0 Å². The zero-order valence-corrected chi connectivity index (χ0v) is 13.2. The number of Topliss-reactive ketones (excluding diaryl/α,β-unsaturated/α-hetero) is 1. The molecule has 1 amide bonds. The standard InChI is InChI=1S/C15H13N3O4S/c1-8(19)11-5-12(17-7-11)15(21)22-9(2)13(20)18-14-10(6-16)3-4-23-14/h3-5,7,9,17H,1-2H3,(H,18,20). The van der Waals surface area contributed by atoms with E-state index < -0.39 is 18.0 Å². The number of thiophene rings is 1. The van der Waals surface area contributed by atoms with Crippen LogP contribution < -0.4 is 5.32 Å². The number of nitrogens with one attached hydrogen (secondary N) is 2. The number of H-pyrrole nitrogens is 1. The van der Waals surface area contributed by atoms with E-state index in [1.165, 1.54) is 37.4 Å². The molecule has 0 aliphatic heterocycles. The van der Waals surface area contributed by atoms with Crippen LogP contribution in [0.25, 0.3) is 0 Å². The minimum Gasteiger partial charge on any atom is -0.448 e. The number of nitrogens with zero attached hydrogens (tertiary/aromatic N) is 1. The Morgan fingerprint density at radius 2 is 2.17 bits per heavy atom. The molecule has 2 rings (SSSR count). The summed E-state index contributed by atoms with van der Waals surface area (Å²) in [4.78, 5) is 37.7. The van der Waals surface area contributed by atoms with Crippen LogP contribution >= 0.6 is 11.3 Å². The Morgan fingerprint density at radius 3 is 2.78 bits per heavy atom. The molecule has 2 aromatic rings. The number of hydrogen-bond acceptors (Lipinski definition) is 6. The highest BCUT2D eigenvalue weighted by Crippen LogP contribution is 2.22. The summed E-state index contributed by atoms with van der Waals surface area (Å²) in [6.07, 6.45) is 0.342. The molecule has 0 aliphatic rings. The summed E-state index contributed by atoms with van der Waals surface area (Å²) >= 11 is 1.20. The summed E-state index contributed by atoms with van der Waals surface area (Å²) in [5.41, 5.74) is 0.785. The van der Waals surface area contributed by atoms with Gasteiger partial charge in [0.1, 0.15) is 16.8 Å². The number of aromatic nitrogens is 1. The van der Waals surface area contributed by atoms with Crippen molar-refractivity contribution < 1.29 is 19.1 Å². The molecule has 2 heterocycles. The Kier molecular flexibility index (Phi) is 4.93. The maximum Gasteiger partial charge on any atom is 0.355 e. The third-order valence-corrected chi connectivity index (χ3v) is 3.81. The molecule has 0 fully saturated rings. The third-order valence-electron chi connectivity index (χ3n) is 2.98. The second kappa shape index (κ2) is 6.89. The van der Waals surface area contributed by atoms with E-state index in [9.17, 15) is 14.4 Å². The normalized spacial score (nSPS) is 11.3. The number of amides is 1. The molecular weight excluding hydrogens is 318 g/mol. The Morgan fingerprint density at radius 1 is 1.43 bits per heavy atom. The van der Waals surface area contributed by atoms with Crippen molar-refractivity contribution in [2.45, 2.75) is 20.0 Å². The molecule has 23 heavy (non-hydrogen) atoms. The van der Waals surface area contributed by atoms with Gasteiger partial charge in [-0.2, -0.15) is 5.26 Å². The first kappa shape index (κ1) is 16.5. The summed E-state index contributed by atoms with van der Waals surface area (Å²) in [6.45, 7) is 2.80. The fourth-order valence-corrected chi connectivity index (χ4v) is 2.44. The van der Waals surface area contributed by atoms with E-state index in [1.807, 2.05) is 6.07 Å². The van der Waals surface area contributed by atoms with Gasteiger partial charge in [-0.3, -0.25) is 9.59 Å². The number of esters is 1. The number of ether oxygens (including phenoxy) is 1. The van der Waals surface area contributed by atoms with E-state index >= 15 is 0 Å². The minimum atomic E-state index is -1.06. The highest BCUT2D eigenvalue weighted by atomic mass is 32.1. The molecule has 0 spiro atoms. The average molecular weight is 331 g/mol. The summed E-state index contributed by atoms with van der Waals surface area (Å²) in [7, 11) is 0. The van der Waals surface area contributed by atoms with Crippen LogP contribution in [-0.2, 0) is 9.53 Å². The molecule has 1 unspecified atom stereocenters. The Balaban J connectivity index is 1.99. The first-order valence-electron chi connectivity index (χ1n) is 6.61. The van der Waals surface area contributed by atoms with Crippen molar-refractivity contribution in [1.82, 2.24) is 4.98 Å². The van der Waals surface area contributed by atoms with Gasteiger partial charge in [-0.05, 0) is 31.4 Å². The first-order valence-corrected chi connectivity index (χ1v) is 7.49. The summed E-state index contributed by atoms with van der Waals surface area (Å²) < 4.78 is 5.04. The summed E-state index contributed by atoms with van der Waals surface area (Å²) in [5.74, 6) is -1.48. The van der Waals surface area contributed by atoms with Crippen molar-refractivity contribution in [3.8, 4) is 6.07 Å². The predicted molar refractivity (Wildman–Crippen MR) is 83.3 cm³/mol. The van der Waals surface area contributed by atoms with Gasteiger partial charge in [0.15, 0.2) is 11.9 Å². The Hall–Kier alpha value is -2.92. The molecule has 2 N–H and O–H groups in total. The van der Waals surface area contributed by atoms with Crippen LogP contribution in [0.4, 0.5) is 5.00 Å². The van der Waals surface area contributed by atoms with E-state index in [0.717, 1.165) is 0 Å². The van der Waals surface area contributed by atoms with Gasteiger partial charge in [-0.1, -0.05) is 0 Å². The second-order valence-electron chi connectivity index (χ2n) is 4.67. The topological polar surface area (TPSA) is 112 Å². The molecule has 8 heteroatoms. The molecule has 7 nitrogen and oxygen atoms in total. The molecular formula is C15H13N3O4S. The van der Waals surface area contributed by atoms with Crippen molar-refractivity contribution >= 4 is 34.0 Å². The van der Waals surface area contributed by atoms with E-state index in [4.69, 9.17) is 10.00 Å². The van der Waals surface area contributed by atoms with Gasteiger partial charge < -0.3 is 15.0 Å². The fourth-order valence-electron chi connectivity index (χ4n) is 1.70. The fraction of sp³-hybridized carbons (Fsp3) is 0.200. The number of hydrogen-bond donors (Lipinski definition) is 2. The highest BCUT2D eigenvalue weighted by Gasteiger charge is 2.21. The first-order chi connectivity index (χ1) is 10.9. The number of carbonyl (C=O) groups is 3. The van der Waals surface area contributed by atoms with Gasteiger partial charge in [-0.15, -0.1) is 11.3 Å². The highest BCUT2D eigenvalue weighted by molar-refractivity contribution is 7.14. The van der Waals surface area contributed by atoms with Crippen LogP contribution in [0.3, 0.4) is 0 Å². The number of carbonyl (C=O) groups excluding carboxylic acids is 3. The summed E-state index contributed by atoms with van der Waals surface area (Å²) in [5, 5.41) is 13.5. The van der Waals surface area contributed by atoms with Crippen molar-refractivity contribution in [2.75, 3.05) is 5.32 Å². The average Bonchev–Trinajstić information content (AvgIpc) is 3.15. The minimum absolute atomic E-state index is 0.0867. The van der Waals surface area contributed by atoms with Crippen LogP contribution in [0, 0.1) is 11.3 Å². The smallest absolute Gasteiger partial charge is 0.355 e. The predicted octanol–water partition coefficient (Wildman–Crippen LogP) is 2.33. The molecule has 0 bridgehead atoms. The quantitative estimate of drug-likeness (QED) is 0.645. The monoisotopic (exact) mass is 331 g/mol. The molecule has 0 aliphatic carbocycles. The molecule has 0 saturated heterocycles. The lowest BCUT2D eigenvalue weighted by atomic mass is 10.2. The van der Waals surface area contributed by atoms with Crippen molar-refractivity contribution in [3.63, 3.8) is 0 Å². The number of anilines is 1. The van der Waals surface area contributed by atoms with Gasteiger partial charge in [0.25, 0.3) is 5.91 Å². The van der Waals surface area contributed by atoms with Crippen molar-refractivity contribution in [1.29, 1.82) is 5.26 Å². The SMILES string of the molecule is CC(=O)c1c[nH]c(C(=O)OC(C)C(=O)Nc2sccc2C#N)c1. The van der Waals surface area contributed by atoms with Crippen LogP contribution in [0.15, 0.2) is 23.7 Å². The number of ketones is 1. The zero-order chi connectivity index (χ0) is 17.0. The van der Waals surface area contributed by atoms with Crippen LogP contribution in [-0.4, -0.2) is 28.7 Å². The van der Waals surface area contributed by atoms with Crippen LogP contribution in [0.1, 0.15) is 40.3 Å². The van der Waals surface area contributed by atoms with Crippen molar-refractivity contribution in [3.05, 3.63) is 40.5 Å². The van der Waals surface area contributed by atoms with E-state index in [1.54, 1.807) is 11.4 Å². The molecule has 0 saturated carbocycles. The maximum atomic E-state index is 12.0. The zero-order valence-electron chi connectivity index (χ0n) is 12.4. The summed E-state index contributed by atoms with van der Waals surface area (Å²) in [6, 6.07) is 4.90. The van der Waals surface area contributed by atoms with Gasteiger partial charge in [0, 0.05) is 11.8 Å². The lowest BCUT2D eigenvalue weighted by Crippen LogP contribution is -2.30. The lowest BCUT2D eigenvalue weighted by Gasteiger charge is -2.12. The van der Waals surface area contributed by atoms with Gasteiger partial charge >= 0.3 is 5.97 Å². The van der Waals surface area contributed by atoms with E-state index in [2.05, 4.69) is 10.3 Å². The van der Waals surface area contributed by atoms with Gasteiger partial charge in [-0.25, -0.2) is 4.79 Å². The Bertz CT molecular complexity index is 800. The number of rotatable bonds is 5. The molecule has 118 valence electrons. The van der Waals surface area contributed by atoms with Gasteiger partial charge in [0.2, 0.25) is 0 Å². The van der Waals surface area contributed by atoms with Crippen molar-refractivity contribution in [2.24, 2.45) is 0 Å². The second-order valence-corrected chi connectivity index (χ2v) is 5.59. The number of aromatic amines is 1.